The standard InChI is InChI=1S/C18H20O4/c1-12-3-2-4-15(9-12)21-11-14(19)7-5-13-6-8-17-16(13)10-18(20)22-17/h2-5,7,9,13,16-17H,6,8,10-11H2,1H3/b7-5+/t13?,16-,17+/m1/s1. The molecule has 22 heavy (non-hydrogen) atoms. The molecule has 0 aromatic heterocycles. The van der Waals surface area contributed by atoms with Crippen molar-refractivity contribution in [2.24, 2.45) is 11.8 Å². The first kappa shape index (κ1) is 14.8. The fourth-order valence-corrected chi connectivity index (χ4v) is 3.28. The molecular formula is C18H20O4. The first-order valence-corrected chi connectivity index (χ1v) is 7.72. The molecule has 1 aromatic carbocycles. The summed E-state index contributed by atoms with van der Waals surface area (Å²) in [5.41, 5.74) is 1.10. The van der Waals surface area contributed by atoms with Gasteiger partial charge in [-0.2, -0.15) is 0 Å². The number of esters is 1. The summed E-state index contributed by atoms with van der Waals surface area (Å²) >= 11 is 0. The summed E-state index contributed by atoms with van der Waals surface area (Å²) in [6.07, 6.45) is 5.93. The van der Waals surface area contributed by atoms with E-state index >= 15 is 0 Å². The molecule has 1 saturated heterocycles. The van der Waals surface area contributed by atoms with Gasteiger partial charge in [-0.1, -0.05) is 18.2 Å². The fourth-order valence-electron chi connectivity index (χ4n) is 3.28. The number of carbonyl (C=O) groups is 2. The Balaban J connectivity index is 1.50. The molecule has 0 radical (unpaired) electrons. The average Bonchev–Trinajstić information content (AvgIpc) is 3.02. The van der Waals surface area contributed by atoms with Crippen molar-refractivity contribution in [2.45, 2.75) is 32.3 Å². The van der Waals surface area contributed by atoms with Crippen LogP contribution in [0.3, 0.4) is 0 Å². The van der Waals surface area contributed by atoms with Crippen LogP contribution in [-0.4, -0.2) is 24.5 Å². The molecule has 0 N–H and O–H groups in total. The summed E-state index contributed by atoms with van der Waals surface area (Å²) in [7, 11) is 0. The van der Waals surface area contributed by atoms with Crippen molar-refractivity contribution in [3.05, 3.63) is 42.0 Å². The number of carbonyl (C=O) groups excluding carboxylic acids is 2. The molecule has 1 aromatic rings. The van der Waals surface area contributed by atoms with Gasteiger partial charge in [0, 0.05) is 5.92 Å². The summed E-state index contributed by atoms with van der Waals surface area (Å²) in [5.74, 6) is 1.04. The van der Waals surface area contributed by atoms with E-state index in [0.717, 1.165) is 18.4 Å². The van der Waals surface area contributed by atoms with E-state index in [1.54, 1.807) is 6.08 Å². The highest BCUT2D eigenvalue weighted by atomic mass is 16.6. The number of hydrogen-bond donors (Lipinski definition) is 0. The minimum Gasteiger partial charge on any atom is -0.485 e. The molecule has 0 amide bonds. The molecule has 1 heterocycles. The maximum absolute atomic E-state index is 11.9. The summed E-state index contributed by atoms with van der Waals surface area (Å²) in [6, 6.07) is 7.63. The van der Waals surface area contributed by atoms with E-state index in [1.165, 1.54) is 0 Å². The Morgan fingerprint density at radius 1 is 1.41 bits per heavy atom. The second kappa shape index (κ2) is 6.34. The first-order chi connectivity index (χ1) is 10.6. The van der Waals surface area contributed by atoms with Crippen molar-refractivity contribution in [2.75, 3.05) is 6.61 Å². The lowest BCUT2D eigenvalue weighted by atomic mass is 9.93. The molecule has 1 saturated carbocycles. The Hall–Kier alpha value is -2.10. The second-order valence-electron chi connectivity index (χ2n) is 6.07. The summed E-state index contributed by atoms with van der Waals surface area (Å²) < 4.78 is 10.7. The molecule has 4 heteroatoms. The predicted molar refractivity (Wildman–Crippen MR) is 81.5 cm³/mol. The van der Waals surface area contributed by atoms with E-state index in [0.29, 0.717) is 12.2 Å². The molecule has 2 aliphatic rings. The smallest absolute Gasteiger partial charge is 0.306 e. The van der Waals surface area contributed by atoms with E-state index in [4.69, 9.17) is 9.47 Å². The molecular weight excluding hydrogens is 280 g/mol. The molecule has 4 nitrogen and oxygen atoms in total. The van der Waals surface area contributed by atoms with Crippen molar-refractivity contribution < 1.29 is 19.1 Å². The highest BCUT2D eigenvalue weighted by Crippen LogP contribution is 2.41. The van der Waals surface area contributed by atoms with Crippen LogP contribution in [0.4, 0.5) is 0 Å². The van der Waals surface area contributed by atoms with Crippen LogP contribution in [0, 0.1) is 18.8 Å². The van der Waals surface area contributed by atoms with Crippen molar-refractivity contribution in [3.63, 3.8) is 0 Å². The zero-order chi connectivity index (χ0) is 15.5. The molecule has 0 bridgehead atoms. The fraction of sp³-hybridized carbons (Fsp3) is 0.444. The number of ketones is 1. The highest BCUT2D eigenvalue weighted by molar-refractivity contribution is 5.91. The van der Waals surface area contributed by atoms with E-state index in [1.807, 2.05) is 37.3 Å². The predicted octanol–water partition coefficient (Wildman–Crippen LogP) is 2.84. The number of benzene rings is 1. The Kier molecular flexibility index (Phi) is 4.27. The van der Waals surface area contributed by atoms with E-state index in [-0.39, 0.29) is 36.3 Å². The van der Waals surface area contributed by atoms with Gasteiger partial charge in [-0.05, 0) is 49.5 Å². The lowest BCUT2D eigenvalue weighted by Crippen LogP contribution is -2.13. The van der Waals surface area contributed by atoms with Crippen LogP contribution in [0.25, 0.3) is 0 Å². The topological polar surface area (TPSA) is 52.6 Å². The highest BCUT2D eigenvalue weighted by Gasteiger charge is 2.43. The molecule has 1 aliphatic heterocycles. The lowest BCUT2D eigenvalue weighted by Gasteiger charge is -2.11. The number of allylic oxidation sites excluding steroid dienone is 1. The van der Waals surface area contributed by atoms with Gasteiger partial charge in [0.15, 0.2) is 12.4 Å². The van der Waals surface area contributed by atoms with Gasteiger partial charge in [-0.15, -0.1) is 0 Å². The lowest BCUT2D eigenvalue weighted by molar-refractivity contribution is -0.141. The van der Waals surface area contributed by atoms with E-state index < -0.39 is 0 Å². The number of fused-ring (bicyclic) bond motifs is 1. The minimum atomic E-state index is -0.109. The van der Waals surface area contributed by atoms with Crippen LogP contribution in [0.1, 0.15) is 24.8 Å². The van der Waals surface area contributed by atoms with Gasteiger partial charge in [0.1, 0.15) is 11.9 Å². The van der Waals surface area contributed by atoms with Gasteiger partial charge in [0.2, 0.25) is 0 Å². The normalized spacial score (nSPS) is 27.0. The van der Waals surface area contributed by atoms with Gasteiger partial charge in [-0.25, -0.2) is 0 Å². The quantitative estimate of drug-likeness (QED) is 0.620. The van der Waals surface area contributed by atoms with Gasteiger partial charge in [0.05, 0.1) is 6.42 Å². The molecule has 1 aliphatic carbocycles. The number of hydrogen-bond acceptors (Lipinski definition) is 4. The largest absolute Gasteiger partial charge is 0.485 e. The second-order valence-corrected chi connectivity index (χ2v) is 6.07. The zero-order valence-corrected chi connectivity index (χ0v) is 12.7. The minimum absolute atomic E-state index is 0.0379. The Labute approximate surface area is 130 Å². The van der Waals surface area contributed by atoms with E-state index in [2.05, 4.69) is 0 Å². The molecule has 3 rings (SSSR count). The third kappa shape index (κ3) is 3.38. The van der Waals surface area contributed by atoms with Gasteiger partial charge >= 0.3 is 5.97 Å². The number of aryl methyl sites for hydroxylation is 1. The monoisotopic (exact) mass is 300 g/mol. The number of rotatable bonds is 5. The van der Waals surface area contributed by atoms with Crippen LogP contribution in [0.5, 0.6) is 5.75 Å². The van der Waals surface area contributed by atoms with Crippen molar-refractivity contribution in [1.82, 2.24) is 0 Å². The summed E-state index contributed by atoms with van der Waals surface area (Å²) in [6.45, 7) is 2.02. The van der Waals surface area contributed by atoms with E-state index in [9.17, 15) is 9.59 Å². The maximum atomic E-state index is 11.9. The summed E-state index contributed by atoms with van der Waals surface area (Å²) in [5, 5.41) is 0. The van der Waals surface area contributed by atoms with Crippen LogP contribution in [0.15, 0.2) is 36.4 Å². The third-order valence-electron chi connectivity index (χ3n) is 4.40. The summed E-state index contributed by atoms with van der Waals surface area (Å²) in [4.78, 5) is 23.2. The van der Waals surface area contributed by atoms with Gasteiger partial charge < -0.3 is 9.47 Å². The van der Waals surface area contributed by atoms with Gasteiger partial charge in [-0.3, -0.25) is 9.59 Å². The van der Waals surface area contributed by atoms with Crippen molar-refractivity contribution in [1.29, 1.82) is 0 Å². The first-order valence-electron chi connectivity index (χ1n) is 7.72. The Morgan fingerprint density at radius 3 is 3.09 bits per heavy atom. The average molecular weight is 300 g/mol. The molecule has 3 atom stereocenters. The Morgan fingerprint density at radius 2 is 2.27 bits per heavy atom. The van der Waals surface area contributed by atoms with Crippen LogP contribution in [-0.2, 0) is 14.3 Å². The third-order valence-corrected chi connectivity index (χ3v) is 4.40. The van der Waals surface area contributed by atoms with Crippen LogP contribution in [0.2, 0.25) is 0 Å². The van der Waals surface area contributed by atoms with Crippen LogP contribution < -0.4 is 4.74 Å². The van der Waals surface area contributed by atoms with Gasteiger partial charge in [0.25, 0.3) is 0 Å². The van der Waals surface area contributed by atoms with Crippen molar-refractivity contribution >= 4 is 11.8 Å². The number of ether oxygens (including phenoxy) is 2. The maximum Gasteiger partial charge on any atom is 0.306 e. The zero-order valence-electron chi connectivity index (χ0n) is 12.7. The molecule has 2 fully saturated rings. The SMILES string of the molecule is Cc1cccc(OCC(=O)/C=C/C2CC[C@@H]3OC(=O)C[C@H]23)c1. The Bertz CT molecular complexity index is 605. The molecule has 0 spiro atoms. The van der Waals surface area contributed by atoms with Crippen LogP contribution >= 0.6 is 0 Å². The molecule has 1 unspecified atom stereocenters. The molecule has 116 valence electrons. The van der Waals surface area contributed by atoms with Crippen molar-refractivity contribution in [3.8, 4) is 5.75 Å².